The molecule has 1 aliphatic heterocycles. The summed E-state index contributed by atoms with van der Waals surface area (Å²) >= 11 is 0. The molecule has 0 spiro atoms. The van der Waals surface area contributed by atoms with Crippen LogP contribution in [0.15, 0.2) is 60.7 Å². The molecule has 22 heavy (non-hydrogen) atoms. The van der Waals surface area contributed by atoms with E-state index in [0.29, 0.717) is 0 Å². The molecule has 2 aromatic carbocycles. The zero-order valence-electron chi connectivity index (χ0n) is 13.4. The molecule has 1 saturated heterocycles. The maximum atomic E-state index is 2.55. The summed E-state index contributed by atoms with van der Waals surface area (Å²) in [5.41, 5.74) is 3.11. The zero-order chi connectivity index (χ0) is 14.9. The van der Waals surface area contributed by atoms with Gasteiger partial charge in [0.1, 0.15) is 0 Å². The Balaban J connectivity index is 1.64. The molecule has 114 valence electrons. The predicted octanol–water partition coefficient (Wildman–Crippen LogP) is 4.53. The van der Waals surface area contributed by atoms with Gasteiger partial charge < -0.3 is 4.90 Å². The van der Waals surface area contributed by atoms with Crippen molar-refractivity contribution in [3.63, 3.8) is 0 Å². The first-order chi connectivity index (χ1) is 10.8. The van der Waals surface area contributed by atoms with Gasteiger partial charge in [-0.2, -0.15) is 0 Å². The molecule has 0 aromatic heterocycles. The summed E-state index contributed by atoms with van der Waals surface area (Å²) in [6.07, 6.45) is 2.66. The molecule has 0 radical (unpaired) electrons. The van der Waals surface area contributed by atoms with Crippen LogP contribution in [0.2, 0.25) is 0 Å². The highest BCUT2D eigenvalue weighted by Crippen LogP contribution is 2.51. The molecule has 1 heteroatoms. The van der Waals surface area contributed by atoms with Crippen LogP contribution in [0.25, 0.3) is 0 Å². The SMILES string of the molecule is CN1CC2C(c3ccccc3)CCC(c3ccccc3)C2C1. The van der Waals surface area contributed by atoms with Gasteiger partial charge >= 0.3 is 0 Å². The van der Waals surface area contributed by atoms with E-state index in [-0.39, 0.29) is 0 Å². The minimum atomic E-state index is 0.746. The van der Waals surface area contributed by atoms with Gasteiger partial charge in [0.15, 0.2) is 0 Å². The molecule has 4 rings (SSSR count). The van der Waals surface area contributed by atoms with E-state index in [2.05, 4.69) is 72.6 Å². The van der Waals surface area contributed by atoms with Gasteiger partial charge in [0, 0.05) is 13.1 Å². The van der Waals surface area contributed by atoms with E-state index in [1.54, 1.807) is 11.1 Å². The normalized spacial score (nSPS) is 31.9. The third kappa shape index (κ3) is 2.48. The largest absolute Gasteiger partial charge is 0.306 e. The lowest BCUT2D eigenvalue weighted by Crippen LogP contribution is -2.31. The average molecular weight is 291 g/mol. The van der Waals surface area contributed by atoms with Gasteiger partial charge in [-0.15, -0.1) is 0 Å². The lowest BCUT2D eigenvalue weighted by atomic mass is 9.64. The highest BCUT2D eigenvalue weighted by Gasteiger charge is 2.44. The van der Waals surface area contributed by atoms with Gasteiger partial charge in [0.05, 0.1) is 0 Å². The van der Waals surface area contributed by atoms with E-state index in [1.165, 1.54) is 25.9 Å². The number of hydrogen-bond acceptors (Lipinski definition) is 1. The maximum Gasteiger partial charge on any atom is 0.00159 e. The van der Waals surface area contributed by atoms with Gasteiger partial charge in [-0.1, -0.05) is 60.7 Å². The molecule has 4 unspecified atom stereocenters. The van der Waals surface area contributed by atoms with E-state index < -0.39 is 0 Å². The fraction of sp³-hybridized carbons (Fsp3) is 0.429. The molecule has 2 aliphatic rings. The smallest absolute Gasteiger partial charge is 0.00159 e. The van der Waals surface area contributed by atoms with E-state index in [4.69, 9.17) is 0 Å². The number of rotatable bonds is 2. The molecule has 1 heterocycles. The van der Waals surface area contributed by atoms with Crippen LogP contribution >= 0.6 is 0 Å². The van der Waals surface area contributed by atoms with E-state index in [0.717, 1.165) is 23.7 Å². The van der Waals surface area contributed by atoms with Crippen LogP contribution < -0.4 is 0 Å². The highest BCUT2D eigenvalue weighted by atomic mass is 15.1. The summed E-state index contributed by atoms with van der Waals surface area (Å²) in [5, 5.41) is 0. The number of hydrogen-bond donors (Lipinski definition) is 0. The van der Waals surface area contributed by atoms with Gasteiger partial charge in [-0.05, 0) is 54.7 Å². The molecule has 0 N–H and O–H groups in total. The highest BCUT2D eigenvalue weighted by molar-refractivity contribution is 5.27. The van der Waals surface area contributed by atoms with Crippen molar-refractivity contribution >= 4 is 0 Å². The summed E-state index contributed by atoms with van der Waals surface area (Å²) in [5.74, 6) is 3.12. The van der Waals surface area contributed by atoms with E-state index in [9.17, 15) is 0 Å². The van der Waals surface area contributed by atoms with E-state index >= 15 is 0 Å². The Labute approximate surface area is 134 Å². The Bertz CT molecular complexity index is 551. The van der Waals surface area contributed by atoms with Crippen molar-refractivity contribution in [3.05, 3.63) is 71.8 Å². The van der Waals surface area contributed by atoms with Gasteiger partial charge in [-0.3, -0.25) is 0 Å². The van der Waals surface area contributed by atoms with Crippen molar-refractivity contribution in [2.75, 3.05) is 20.1 Å². The summed E-state index contributed by atoms with van der Waals surface area (Å²) in [6, 6.07) is 22.4. The lowest BCUT2D eigenvalue weighted by molar-refractivity contribution is 0.223. The van der Waals surface area contributed by atoms with Crippen LogP contribution in [0, 0.1) is 11.8 Å². The molecule has 0 amide bonds. The number of nitrogens with zero attached hydrogens (tertiary/aromatic N) is 1. The Kier molecular flexibility index (Phi) is 3.75. The van der Waals surface area contributed by atoms with Crippen LogP contribution in [0.5, 0.6) is 0 Å². The number of fused-ring (bicyclic) bond motifs is 1. The third-order valence-electron chi connectivity index (χ3n) is 5.87. The van der Waals surface area contributed by atoms with Crippen LogP contribution in [-0.4, -0.2) is 25.0 Å². The van der Waals surface area contributed by atoms with E-state index in [1.807, 2.05) is 0 Å². The Morgan fingerprint density at radius 2 is 1.09 bits per heavy atom. The first-order valence-electron chi connectivity index (χ1n) is 8.61. The van der Waals surface area contributed by atoms with Gasteiger partial charge in [0.2, 0.25) is 0 Å². The second kappa shape index (κ2) is 5.89. The average Bonchev–Trinajstić information content (AvgIpc) is 2.97. The Hall–Kier alpha value is -1.60. The summed E-state index contributed by atoms with van der Waals surface area (Å²) < 4.78 is 0. The van der Waals surface area contributed by atoms with Crippen molar-refractivity contribution in [1.29, 1.82) is 0 Å². The molecule has 2 aromatic rings. The second-order valence-corrected chi connectivity index (χ2v) is 7.16. The van der Waals surface area contributed by atoms with Crippen molar-refractivity contribution < 1.29 is 0 Å². The molecular weight excluding hydrogens is 266 g/mol. The lowest BCUT2D eigenvalue weighted by Gasteiger charge is -2.39. The fourth-order valence-corrected chi connectivity index (χ4v) is 4.93. The second-order valence-electron chi connectivity index (χ2n) is 7.16. The summed E-state index contributed by atoms with van der Waals surface area (Å²) in [4.78, 5) is 2.55. The first-order valence-corrected chi connectivity index (χ1v) is 8.61. The minimum Gasteiger partial charge on any atom is -0.306 e. The van der Waals surface area contributed by atoms with Crippen LogP contribution in [-0.2, 0) is 0 Å². The molecule has 0 bridgehead atoms. The van der Waals surface area contributed by atoms with Crippen molar-refractivity contribution in [2.24, 2.45) is 11.8 Å². The van der Waals surface area contributed by atoms with Crippen LogP contribution in [0.1, 0.15) is 35.8 Å². The van der Waals surface area contributed by atoms with Gasteiger partial charge in [-0.25, -0.2) is 0 Å². The third-order valence-corrected chi connectivity index (χ3v) is 5.87. The summed E-state index contributed by atoms with van der Waals surface area (Å²) in [6.45, 7) is 2.52. The minimum absolute atomic E-state index is 0.746. The quantitative estimate of drug-likeness (QED) is 0.786. The molecular formula is C21H25N. The van der Waals surface area contributed by atoms with Crippen molar-refractivity contribution in [2.45, 2.75) is 24.7 Å². The Morgan fingerprint density at radius 3 is 1.50 bits per heavy atom. The standard InChI is InChI=1S/C21H25N/c1-22-14-20-18(16-8-4-2-5-9-16)12-13-19(21(20)15-22)17-10-6-3-7-11-17/h2-11,18-21H,12-15H2,1H3. The number of likely N-dealkylation sites (tertiary alicyclic amines) is 1. The monoisotopic (exact) mass is 291 g/mol. The van der Waals surface area contributed by atoms with Crippen LogP contribution in [0.3, 0.4) is 0 Å². The summed E-state index contributed by atoms with van der Waals surface area (Å²) in [7, 11) is 2.29. The molecule has 4 atom stereocenters. The predicted molar refractivity (Wildman–Crippen MR) is 92.1 cm³/mol. The first kappa shape index (κ1) is 14.0. The van der Waals surface area contributed by atoms with Crippen molar-refractivity contribution in [3.8, 4) is 0 Å². The molecule has 2 fully saturated rings. The zero-order valence-corrected chi connectivity index (χ0v) is 13.4. The van der Waals surface area contributed by atoms with Crippen LogP contribution in [0.4, 0.5) is 0 Å². The Morgan fingerprint density at radius 1 is 0.682 bits per heavy atom. The molecule has 1 nitrogen and oxygen atoms in total. The molecule has 1 saturated carbocycles. The topological polar surface area (TPSA) is 3.24 Å². The molecule has 1 aliphatic carbocycles. The number of benzene rings is 2. The van der Waals surface area contributed by atoms with Crippen molar-refractivity contribution in [1.82, 2.24) is 4.90 Å². The van der Waals surface area contributed by atoms with Gasteiger partial charge in [0.25, 0.3) is 0 Å². The fourth-order valence-electron chi connectivity index (χ4n) is 4.93. The maximum absolute atomic E-state index is 2.55.